The van der Waals surface area contributed by atoms with Crippen LogP contribution in [0.5, 0.6) is 0 Å². The van der Waals surface area contributed by atoms with Crippen molar-refractivity contribution in [2.45, 2.75) is 0 Å². The van der Waals surface area contributed by atoms with Gasteiger partial charge < -0.3 is 5.32 Å². The minimum Gasteiger partial charge on any atom is -0.321 e. The molecule has 126 valence electrons. The van der Waals surface area contributed by atoms with Crippen molar-refractivity contribution in [3.8, 4) is 11.4 Å². The van der Waals surface area contributed by atoms with Crippen molar-refractivity contribution in [1.82, 2.24) is 14.6 Å². The minimum absolute atomic E-state index is 0.287. The highest BCUT2D eigenvalue weighted by molar-refractivity contribution is 7.15. The number of nitrogens with zero attached hydrogens (tertiary/aromatic N) is 3. The van der Waals surface area contributed by atoms with Crippen LogP contribution in [0.15, 0.2) is 53.3 Å². The molecule has 3 heterocycles. The fourth-order valence-corrected chi connectivity index (χ4v) is 4.27. The lowest BCUT2D eigenvalue weighted by Crippen LogP contribution is -2.28. The second-order valence-electron chi connectivity index (χ2n) is 5.76. The van der Waals surface area contributed by atoms with Gasteiger partial charge in [0.25, 0.3) is 11.5 Å². The topological polar surface area (TPSA) is 76.4 Å². The second kappa shape index (κ2) is 5.48. The van der Waals surface area contributed by atoms with Crippen LogP contribution in [0.4, 0.5) is 5.69 Å². The molecule has 0 bridgehead atoms. The van der Waals surface area contributed by atoms with Gasteiger partial charge in [-0.3, -0.25) is 9.59 Å². The van der Waals surface area contributed by atoms with Crippen LogP contribution < -0.4 is 15.4 Å². The molecule has 1 aliphatic rings. The number of carbonyl (C=O) groups is 1. The standard InChI is InChI=1S/C18H9ClN4O2S/c19-10-5-3-4-9(8-10)15-21-22-18-23(15)17(25)14(26-18)13-11-6-1-2-7-12(11)20-16(13)24/h1-8H,(H,20,24). The molecule has 0 spiro atoms. The van der Waals surface area contributed by atoms with E-state index in [0.29, 0.717) is 37.2 Å². The molecule has 2 aromatic heterocycles. The quantitative estimate of drug-likeness (QED) is 0.550. The number of amides is 1. The van der Waals surface area contributed by atoms with Crippen molar-refractivity contribution >= 4 is 45.1 Å². The number of thiazole rings is 1. The molecule has 26 heavy (non-hydrogen) atoms. The van der Waals surface area contributed by atoms with Gasteiger partial charge in [0.05, 0.1) is 5.57 Å². The number of fused-ring (bicyclic) bond motifs is 2. The Hall–Kier alpha value is -3.03. The van der Waals surface area contributed by atoms with Crippen LogP contribution in [-0.4, -0.2) is 20.5 Å². The molecule has 4 aromatic rings. The van der Waals surface area contributed by atoms with E-state index in [-0.39, 0.29) is 11.5 Å². The molecule has 0 unspecified atom stereocenters. The van der Waals surface area contributed by atoms with Gasteiger partial charge >= 0.3 is 0 Å². The van der Waals surface area contributed by atoms with Crippen LogP contribution >= 0.6 is 22.9 Å². The first-order valence-corrected chi connectivity index (χ1v) is 8.92. The van der Waals surface area contributed by atoms with Crippen LogP contribution in [-0.2, 0) is 4.79 Å². The Morgan fingerprint density at radius 1 is 1.04 bits per heavy atom. The molecule has 0 fully saturated rings. The van der Waals surface area contributed by atoms with Gasteiger partial charge in [0, 0.05) is 21.8 Å². The first kappa shape index (κ1) is 15.2. The summed E-state index contributed by atoms with van der Waals surface area (Å²) in [4.78, 5) is 25.9. The minimum atomic E-state index is -0.313. The largest absolute Gasteiger partial charge is 0.321 e. The predicted octanol–water partition coefficient (Wildman–Crippen LogP) is 2.34. The molecule has 0 radical (unpaired) electrons. The molecular formula is C18H9ClN4O2S. The summed E-state index contributed by atoms with van der Waals surface area (Å²) >= 11 is 7.20. The van der Waals surface area contributed by atoms with E-state index in [4.69, 9.17) is 11.6 Å². The van der Waals surface area contributed by atoms with E-state index >= 15 is 0 Å². The second-order valence-corrected chi connectivity index (χ2v) is 7.18. The molecule has 8 heteroatoms. The van der Waals surface area contributed by atoms with Crippen LogP contribution in [0.2, 0.25) is 5.02 Å². The molecule has 1 N–H and O–H groups in total. The van der Waals surface area contributed by atoms with Gasteiger partial charge in [-0.05, 0) is 18.2 Å². The van der Waals surface area contributed by atoms with Crippen molar-refractivity contribution in [2.24, 2.45) is 0 Å². The zero-order valence-corrected chi connectivity index (χ0v) is 14.6. The van der Waals surface area contributed by atoms with Gasteiger partial charge in [-0.2, -0.15) is 0 Å². The van der Waals surface area contributed by atoms with E-state index < -0.39 is 0 Å². The smallest absolute Gasteiger partial charge is 0.277 e. The zero-order chi connectivity index (χ0) is 17.8. The number of nitrogens with one attached hydrogen (secondary N) is 1. The molecular weight excluding hydrogens is 372 g/mol. The summed E-state index contributed by atoms with van der Waals surface area (Å²) in [6, 6.07) is 14.4. The molecule has 0 saturated carbocycles. The van der Waals surface area contributed by atoms with Crippen LogP contribution in [0.3, 0.4) is 0 Å². The molecule has 2 aromatic carbocycles. The van der Waals surface area contributed by atoms with Gasteiger partial charge in [0.2, 0.25) is 4.96 Å². The summed E-state index contributed by atoms with van der Waals surface area (Å²) in [7, 11) is 0. The van der Waals surface area contributed by atoms with E-state index in [9.17, 15) is 9.59 Å². The van der Waals surface area contributed by atoms with E-state index in [2.05, 4.69) is 15.5 Å². The van der Waals surface area contributed by atoms with Gasteiger partial charge in [-0.1, -0.05) is 53.3 Å². The Morgan fingerprint density at radius 2 is 1.88 bits per heavy atom. The van der Waals surface area contributed by atoms with Gasteiger partial charge in [-0.25, -0.2) is 4.40 Å². The van der Waals surface area contributed by atoms with Crippen molar-refractivity contribution < 1.29 is 4.79 Å². The maximum Gasteiger partial charge on any atom is 0.277 e. The van der Waals surface area contributed by atoms with Crippen molar-refractivity contribution in [3.05, 3.63) is 74.0 Å². The monoisotopic (exact) mass is 380 g/mol. The number of para-hydroxylation sites is 1. The number of benzene rings is 2. The zero-order valence-electron chi connectivity index (χ0n) is 13.1. The Labute approximate surface area is 155 Å². The maximum absolute atomic E-state index is 13.1. The third kappa shape index (κ3) is 2.11. The number of hydrogen-bond acceptors (Lipinski definition) is 5. The van der Waals surface area contributed by atoms with Crippen molar-refractivity contribution in [3.63, 3.8) is 0 Å². The normalized spacial score (nSPS) is 15.3. The third-order valence-electron chi connectivity index (χ3n) is 4.21. The van der Waals surface area contributed by atoms with E-state index in [1.54, 1.807) is 18.2 Å². The number of anilines is 1. The SMILES string of the molecule is O=C1Nc2ccccc2C1=c1sc2nnc(-c3cccc(Cl)c3)n2c1=O. The summed E-state index contributed by atoms with van der Waals surface area (Å²) in [5.74, 6) is 0.118. The lowest BCUT2D eigenvalue weighted by molar-refractivity contribution is -0.110. The molecule has 6 nitrogen and oxygen atoms in total. The summed E-state index contributed by atoms with van der Waals surface area (Å²) in [6.45, 7) is 0. The van der Waals surface area contributed by atoms with E-state index in [1.165, 1.54) is 4.40 Å². The summed E-state index contributed by atoms with van der Waals surface area (Å²) in [6.07, 6.45) is 0. The molecule has 5 rings (SSSR count). The maximum atomic E-state index is 13.1. The van der Waals surface area contributed by atoms with E-state index in [0.717, 1.165) is 16.9 Å². The predicted molar refractivity (Wildman–Crippen MR) is 100 cm³/mol. The Kier molecular flexibility index (Phi) is 3.22. The summed E-state index contributed by atoms with van der Waals surface area (Å²) in [5, 5.41) is 11.6. The molecule has 0 saturated heterocycles. The first-order chi connectivity index (χ1) is 12.6. The van der Waals surface area contributed by atoms with Crippen molar-refractivity contribution in [2.75, 3.05) is 5.32 Å². The van der Waals surface area contributed by atoms with Crippen LogP contribution in [0.1, 0.15) is 5.56 Å². The highest BCUT2D eigenvalue weighted by Crippen LogP contribution is 2.29. The number of carbonyl (C=O) groups excluding carboxylic acids is 1. The highest BCUT2D eigenvalue weighted by atomic mass is 35.5. The summed E-state index contributed by atoms with van der Waals surface area (Å²) in [5.41, 5.74) is 2.17. The first-order valence-electron chi connectivity index (χ1n) is 7.72. The number of rotatable bonds is 1. The number of hydrogen-bond donors (Lipinski definition) is 1. The molecule has 0 atom stereocenters. The fourth-order valence-electron chi connectivity index (χ4n) is 3.07. The lowest BCUT2D eigenvalue weighted by atomic mass is 10.1. The molecule has 1 amide bonds. The fraction of sp³-hybridized carbons (Fsp3) is 0. The number of aromatic nitrogens is 3. The van der Waals surface area contributed by atoms with Gasteiger partial charge in [0.15, 0.2) is 5.82 Å². The lowest BCUT2D eigenvalue weighted by Gasteiger charge is -1.97. The Bertz CT molecular complexity index is 1320. The summed E-state index contributed by atoms with van der Waals surface area (Å²) < 4.78 is 1.77. The van der Waals surface area contributed by atoms with Gasteiger partial charge in [-0.15, -0.1) is 10.2 Å². The van der Waals surface area contributed by atoms with Crippen LogP contribution in [0.25, 0.3) is 21.9 Å². The average Bonchev–Trinajstić information content (AvgIpc) is 3.27. The third-order valence-corrected chi connectivity index (χ3v) is 5.47. The Balaban J connectivity index is 1.84. The highest BCUT2D eigenvalue weighted by Gasteiger charge is 2.27. The molecule has 0 aliphatic carbocycles. The van der Waals surface area contributed by atoms with Crippen molar-refractivity contribution in [1.29, 1.82) is 0 Å². The van der Waals surface area contributed by atoms with Crippen LogP contribution in [0, 0.1) is 0 Å². The average molecular weight is 381 g/mol. The number of halogens is 1. The van der Waals surface area contributed by atoms with Gasteiger partial charge in [0.1, 0.15) is 4.53 Å². The molecule has 1 aliphatic heterocycles. The Morgan fingerprint density at radius 3 is 2.73 bits per heavy atom. The van der Waals surface area contributed by atoms with E-state index in [1.807, 2.05) is 30.3 Å².